The average Bonchev–Trinajstić information content (AvgIpc) is 2.79. The molecule has 0 aromatic heterocycles. The van der Waals surface area contributed by atoms with Crippen LogP contribution in [-0.2, 0) is 9.53 Å². The fourth-order valence-corrected chi connectivity index (χ4v) is 3.29. The van der Waals surface area contributed by atoms with Gasteiger partial charge in [0, 0.05) is 31.5 Å². The maximum Gasteiger partial charge on any atom is 0.222 e. The molecule has 0 radical (unpaired) electrons. The lowest BCUT2D eigenvalue weighted by Crippen LogP contribution is -2.41. The van der Waals surface area contributed by atoms with Gasteiger partial charge in [0.15, 0.2) is 0 Å². The van der Waals surface area contributed by atoms with Crippen molar-refractivity contribution < 1.29 is 9.53 Å². The topological polar surface area (TPSA) is 29.5 Å². The summed E-state index contributed by atoms with van der Waals surface area (Å²) in [6.45, 7) is 1.76. The Morgan fingerprint density at radius 1 is 1.22 bits per heavy atom. The standard InChI is InChI=1S/C14H24ClNO2/c15-11-12-5-2-1-3-9-16(12)14(17)8-7-13-6-4-10-18-13/h12-13H,1-11H2. The monoisotopic (exact) mass is 273 g/mol. The molecular weight excluding hydrogens is 250 g/mol. The smallest absolute Gasteiger partial charge is 0.222 e. The summed E-state index contributed by atoms with van der Waals surface area (Å²) in [5.74, 6) is 0.851. The van der Waals surface area contributed by atoms with Gasteiger partial charge >= 0.3 is 0 Å². The van der Waals surface area contributed by atoms with Crippen molar-refractivity contribution in [1.29, 1.82) is 0 Å². The van der Waals surface area contributed by atoms with Crippen molar-refractivity contribution in [1.82, 2.24) is 4.90 Å². The summed E-state index contributed by atoms with van der Waals surface area (Å²) in [6.07, 6.45) is 8.70. The van der Waals surface area contributed by atoms with Crippen molar-refractivity contribution in [2.45, 2.75) is 63.5 Å². The van der Waals surface area contributed by atoms with Gasteiger partial charge in [-0.3, -0.25) is 4.79 Å². The minimum absolute atomic E-state index is 0.256. The third kappa shape index (κ3) is 3.86. The van der Waals surface area contributed by atoms with Gasteiger partial charge in [0.2, 0.25) is 5.91 Å². The van der Waals surface area contributed by atoms with Crippen LogP contribution in [0.4, 0.5) is 0 Å². The van der Waals surface area contributed by atoms with Crippen LogP contribution in [0.2, 0.25) is 0 Å². The van der Waals surface area contributed by atoms with Crippen LogP contribution in [-0.4, -0.2) is 42.0 Å². The molecule has 104 valence electrons. The number of likely N-dealkylation sites (tertiary alicyclic amines) is 1. The molecule has 2 unspecified atom stereocenters. The number of ether oxygens (including phenoxy) is 1. The predicted octanol–water partition coefficient (Wildman–Crippen LogP) is 2.96. The van der Waals surface area contributed by atoms with Crippen molar-refractivity contribution in [3.63, 3.8) is 0 Å². The van der Waals surface area contributed by atoms with E-state index in [4.69, 9.17) is 16.3 Å². The summed E-state index contributed by atoms with van der Waals surface area (Å²) in [6, 6.07) is 0.256. The number of rotatable bonds is 4. The van der Waals surface area contributed by atoms with Gasteiger partial charge in [-0.25, -0.2) is 0 Å². The Balaban J connectivity index is 1.80. The first-order chi connectivity index (χ1) is 8.81. The minimum atomic E-state index is 0.256. The highest BCUT2D eigenvalue weighted by Gasteiger charge is 2.25. The molecule has 2 aliphatic heterocycles. The highest BCUT2D eigenvalue weighted by Crippen LogP contribution is 2.21. The van der Waals surface area contributed by atoms with Gasteiger partial charge in [-0.1, -0.05) is 12.8 Å². The first kappa shape index (κ1) is 14.1. The summed E-state index contributed by atoms with van der Waals surface area (Å²) in [4.78, 5) is 14.3. The van der Waals surface area contributed by atoms with Crippen LogP contribution < -0.4 is 0 Å². The summed E-state index contributed by atoms with van der Waals surface area (Å²) >= 11 is 6.00. The van der Waals surface area contributed by atoms with Gasteiger partial charge in [-0.15, -0.1) is 11.6 Å². The van der Waals surface area contributed by atoms with Crippen LogP contribution in [0.5, 0.6) is 0 Å². The molecule has 4 heteroatoms. The molecule has 1 amide bonds. The molecule has 2 fully saturated rings. The van der Waals surface area contributed by atoms with Crippen LogP contribution in [0.1, 0.15) is 51.4 Å². The molecule has 0 aromatic rings. The quantitative estimate of drug-likeness (QED) is 0.737. The Kier molecular flexibility index (Phi) is 5.77. The molecule has 18 heavy (non-hydrogen) atoms. The second-order valence-corrected chi connectivity index (χ2v) is 5.73. The molecule has 0 spiro atoms. The fraction of sp³-hybridized carbons (Fsp3) is 0.929. The summed E-state index contributed by atoms with van der Waals surface area (Å²) in [7, 11) is 0. The van der Waals surface area contributed by atoms with E-state index in [0.717, 1.165) is 45.3 Å². The number of halogens is 1. The molecule has 2 heterocycles. The molecule has 2 atom stereocenters. The van der Waals surface area contributed by atoms with E-state index in [0.29, 0.717) is 18.4 Å². The second-order valence-electron chi connectivity index (χ2n) is 5.42. The van der Waals surface area contributed by atoms with Crippen LogP contribution in [0.25, 0.3) is 0 Å². The van der Waals surface area contributed by atoms with Crippen LogP contribution in [0, 0.1) is 0 Å². The van der Waals surface area contributed by atoms with E-state index in [2.05, 4.69) is 0 Å². The zero-order valence-corrected chi connectivity index (χ0v) is 11.8. The van der Waals surface area contributed by atoms with Crippen molar-refractivity contribution in [2.24, 2.45) is 0 Å². The number of hydrogen-bond acceptors (Lipinski definition) is 2. The average molecular weight is 274 g/mol. The van der Waals surface area contributed by atoms with E-state index in [1.165, 1.54) is 12.8 Å². The van der Waals surface area contributed by atoms with E-state index < -0.39 is 0 Å². The van der Waals surface area contributed by atoms with Crippen molar-refractivity contribution >= 4 is 17.5 Å². The molecule has 0 aliphatic carbocycles. The van der Waals surface area contributed by atoms with E-state index in [1.54, 1.807) is 0 Å². The zero-order valence-electron chi connectivity index (χ0n) is 11.1. The van der Waals surface area contributed by atoms with Gasteiger partial charge in [0.05, 0.1) is 6.10 Å². The van der Waals surface area contributed by atoms with Crippen molar-refractivity contribution in [3.05, 3.63) is 0 Å². The van der Waals surface area contributed by atoms with Crippen molar-refractivity contribution in [3.8, 4) is 0 Å². The maximum absolute atomic E-state index is 12.3. The van der Waals surface area contributed by atoms with E-state index >= 15 is 0 Å². The lowest BCUT2D eigenvalue weighted by molar-refractivity contribution is -0.133. The maximum atomic E-state index is 12.3. The molecule has 2 rings (SSSR count). The molecular formula is C14H24ClNO2. The van der Waals surface area contributed by atoms with Gasteiger partial charge < -0.3 is 9.64 Å². The Labute approximate surface area is 115 Å². The second kappa shape index (κ2) is 7.34. The first-order valence-corrected chi connectivity index (χ1v) is 7.81. The van der Waals surface area contributed by atoms with E-state index in [-0.39, 0.29) is 11.9 Å². The molecule has 2 aliphatic rings. The predicted molar refractivity (Wildman–Crippen MR) is 72.9 cm³/mol. The Bertz CT molecular complexity index is 267. The zero-order chi connectivity index (χ0) is 12.8. The summed E-state index contributed by atoms with van der Waals surface area (Å²) in [5, 5.41) is 0. The molecule has 0 bridgehead atoms. The lowest BCUT2D eigenvalue weighted by atomic mass is 10.1. The van der Waals surface area contributed by atoms with E-state index in [1.807, 2.05) is 4.90 Å². The number of amides is 1. The molecule has 0 N–H and O–H groups in total. The largest absolute Gasteiger partial charge is 0.378 e. The normalized spacial score (nSPS) is 29.3. The Morgan fingerprint density at radius 3 is 2.83 bits per heavy atom. The van der Waals surface area contributed by atoms with Crippen LogP contribution in [0.15, 0.2) is 0 Å². The minimum Gasteiger partial charge on any atom is -0.378 e. The SMILES string of the molecule is O=C(CCC1CCCO1)N1CCCCCC1CCl. The molecule has 0 saturated carbocycles. The van der Waals surface area contributed by atoms with Crippen LogP contribution >= 0.6 is 11.6 Å². The Hall–Kier alpha value is -0.280. The Morgan fingerprint density at radius 2 is 2.11 bits per heavy atom. The first-order valence-electron chi connectivity index (χ1n) is 7.28. The molecule has 3 nitrogen and oxygen atoms in total. The molecule has 0 aromatic carbocycles. The number of carbonyl (C=O) groups excluding carboxylic acids is 1. The molecule has 2 saturated heterocycles. The summed E-state index contributed by atoms with van der Waals surface area (Å²) < 4.78 is 5.57. The highest BCUT2D eigenvalue weighted by atomic mass is 35.5. The third-order valence-electron chi connectivity index (χ3n) is 4.08. The van der Waals surface area contributed by atoms with Gasteiger partial charge in [0.25, 0.3) is 0 Å². The van der Waals surface area contributed by atoms with Crippen LogP contribution in [0.3, 0.4) is 0 Å². The summed E-state index contributed by atoms with van der Waals surface area (Å²) in [5.41, 5.74) is 0. The number of hydrogen-bond donors (Lipinski definition) is 0. The number of nitrogens with zero attached hydrogens (tertiary/aromatic N) is 1. The number of alkyl halides is 1. The fourth-order valence-electron chi connectivity index (χ4n) is 2.97. The van der Waals surface area contributed by atoms with Gasteiger partial charge in [-0.2, -0.15) is 0 Å². The lowest BCUT2D eigenvalue weighted by Gasteiger charge is -2.29. The number of carbonyl (C=O) groups is 1. The third-order valence-corrected chi connectivity index (χ3v) is 4.44. The van der Waals surface area contributed by atoms with E-state index in [9.17, 15) is 4.79 Å². The highest BCUT2D eigenvalue weighted by molar-refractivity contribution is 6.18. The van der Waals surface area contributed by atoms with Gasteiger partial charge in [-0.05, 0) is 32.1 Å². The van der Waals surface area contributed by atoms with Gasteiger partial charge in [0.1, 0.15) is 0 Å². The van der Waals surface area contributed by atoms with Crippen molar-refractivity contribution in [2.75, 3.05) is 19.0 Å².